The van der Waals surface area contributed by atoms with Crippen LogP contribution < -0.4 is 16.2 Å². The van der Waals surface area contributed by atoms with Crippen molar-refractivity contribution < 1.29 is 14.1 Å². The molecule has 0 saturated heterocycles. The van der Waals surface area contributed by atoms with Gasteiger partial charge in [-0.3, -0.25) is 25.8 Å². The summed E-state index contributed by atoms with van der Waals surface area (Å²) in [5.74, 6) is -0.603. The molecule has 22 heavy (non-hydrogen) atoms. The van der Waals surface area contributed by atoms with E-state index in [4.69, 9.17) is 4.42 Å². The number of rotatable bonds is 6. The molecular formula is C12H14N6O4. The lowest BCUT2D eigenvalue weighted by Crippen LogP contribution is -2.30. The van der Waals surface area contributed by atoms with Crippen LogP contribution in [0.3, 0.4) is 0 Å². The van der Waals surface area contributed by atoms with E-state index in [0.29, 0.717) is 0 Å². The zero-order chi connectivity index (χ0) is 16.1. The normalized spacial score (nSPS) is 10.3. The van der Waals surface area contributed by atoms with Gasteiger partial charge in [-0.25, -0.2) is 9.97 Å². The van der Waals surface area contributed by atoms with Crippen LogP contribution in [0, 0.1) is 10.1 Å². The van der Waals surface area contributed by atoms with Gasteiger partial charge in [-0.15, -0.1) is 0 Å². The number of carbonyl (C=O) groups is 1. The average molecular weight is 306 g/mol. The zero-order valence-electron chi connectivity index (χ0n) is 11.9. The monoisotopic (exact) mass is 306 g/mol. The van der Waals surface area contributed by atoms with Gasteiger partial charge in [0.1, 0.15) is 6.33 Å². The molecule has 2 aromatic rings. The highest BCUT2D eigenvalue weighted by molar-refractivity contribution is 5.92. The number of nitrogens with zero attached hydrogens (tertiary/aromatic N) is 3. The minimum atomic E-state index is -0.633. The summed E-state index contributed by atoms with van der Waals surface area (Å²) in [6.45, 7) is 3.63. The SMILES string of the molecule is CC(C)Nc1ncnc(NNC(=O)c2ccco2)c1[N+](=O)[O-]. The van der Waals surface area contributed by atoms with E-state index < -0.39 is 10.8 Å². The van der Waals surface area contributed by atoms with Crippen LogP contribution in [-0.4, -0.2) is 26.8 Å². The first-order chi connectivity index (χ1) is 10.5. The van der Waals surface area contributed by atoms with E-state index in [1.807, 2.05) is 13.8 Å². The summed E-state index contributed by atoms with van der Waals surface area (Å²) >= 11 is 0. The fourth-order valence-corrected chi connectivity index (χ4v) is 1.61. The van der Waals surface area contributed by atoms with E-state index in [1.165, 1.54) is 12.3 Å². The molecule has 1 amide bonds. The van der Waals surface area contributed by atoms with E-state index in [2.05, 4.69) is 26.1 Å². The van der Waals surface area contributed by atoms with Crippen molar-refractivity contribution in [3.63, 3.8) is 0 Å². The molecule has 3 N–H and O–H groups in total. The number of hydrazine groups is 1. The first kappa shape index (κ1) is 15.2. The van der Waals surface area contributed by atoms with Crippen molar-refractivity contribution in [2.24, 2.45) is 0 Å². The summed E-state index contributed by atoms with van der Waals surface area (Å²) in [4.78, 5) is 29.9. The third-order valence-electron chi connectivity index (χ3n) is 2.47. The van der Waals surface area contributed by atoms with Crippen LogP contribution in [0.1, 0.15) is 24.4 Å². The lowest BCUT2D eigenvalue weighted by atomic mass is 10.3. The third kappa shape index (κ3) is 3.48. The maximum atomic E-state index is 11.7. The molecule has 2 rings (SSSR count). The molecule has 0 aliphatic carbocycles. The Bertz CT molecular complexity index is 670. The van der Waals surface area contributed by atoms with Crippen LogP contribution in [0.2, 0.25) is 0 Å². The van der Waals surface area contributed by atoms with Gasteiger partial charge in [0, 0.05) is 6.04 Å². The molecule has 10 heteroatoms. The molecule has 0 fully saturated rings. The van der Waals surface area contributed by atoms with Gasteiger partial charge in [-0.2, -0.15) is 0 Å². The molecule has 0 unspecified atom stereocenters. The van der Waals surface area contributed by atoms with Crippen LogP contribution in [0.15, 0.2) is 29.1 Å². The Morgan fingerprint density at radius 1 is 1.36 bits per heavy atom. The summed E-state index contributed by atoms with van der Waals surface area (Å²) in [5, 5.41) is 14.1. The molecular weight excluding hydrogens is 292 g/mol. The number of carbonyl (C=O) groups excluding carboxylic acids is 1. The van der Waals surface area contributed by atoms with Crippen molar-refractivity contribution in [1.29, 1.82) is 0 Å². The Morgan fingerprint density at radius 3 is 2.68 bits per heavy atom. The smallest absolute Gasteiger partial charge is 0.354 e. The van der Waals surface area contributed by atoms with Crippen molar-refractivity contribution in [1.82, 2.24) is 15.4 Å². The molecule has 2 heterocycles. The molecule has 10 nitrogen and oxygen atoms in total. The van der Waals surface area contributed by atoms with Gasteiger partial charge in [-0.1, -0.05) is 0 Å². The number of hydrogen-bond donors (Lipinski definition) is 3. The number of amides is 1. The summed E-state index contributed by atoms with van der Waals surface area (Å²) in [6, 6.07) is 2.95. The molecule has 0 aromatic carbocycles. The van der Waals surface area contributed by atoms with Crippen molar-refractivity contribution in [3.8, 4) is 0 Å². The average Bonchev–Trinajstić information content (AvgIpc) is 2.98. The second-order valence-corrected chi connectivity index (χ2v) is 4.53. The van der Waals surface area contributed by atoms with Gasteiger partial charge >= 0.3 is 11.6 Å². The number of aromatic nitrogens is 2. The minimum absolute atomic E-state index is 0.0563. The highest BCUT2D eigenvalue weighted by Gasteiger charge is 2.24. The van der Waals surface area contributed by atoms with Gasteiger partial charge in [0.25, 0.3) is 0 Å². The fourth-order valence-electron chi connectivity index (χ4n) is 1.61. The topological polar surface area (TPSA) is 135 Å². The van der Waals surface area contributed by atoms with Gasteiger partial charge in [-0.05, 0) is 26.0 Å². The molecule has 0 bridgehead atoms. The number of anilines is 2. The zero-order valence-corrected chi connectivity index (χ0v) is 11.9. The Hall–Kier alpha value is -3.17. The summed E-state index contributed by atoms with van der Waals surface area (Å²) < 4.78 is 4.91. The number of furan rings is 1. The van der Waals surface area contributed by atoms with E-state index in [0.717, 1.165) is 6.33 Å². The Labute approximate surface area is 125 Å². The Balaban J connectivity index is 2.19. The van der Waals surface area contributed by atoms with Gasteiger partial charge in [0.05, 0.1) is 11.2 Å². The molecule has 0 radical (unpaired) electrons. The molecule has 0 atom stereocenters. The summed E-state index contributed by atoms with van der Waals surface area (Å²) in [6.07, 6.45) is 2.49. The number of nitro groups is 1. The van der Waals surface area contributed by atoms with E-state index in [-0.39, 0.29) is 29.1 Å². The Kier molecular flexibility index (Phi) is 4.51. The van der Waals surface area contributed by atoms with Gasteiger partial charge < -0.3 is 9.73 Å². The first-order valence-corrected chi connectivity index (χ1v) is 6.35. The van der Waals surface area contributed by atoms with E-state index in [9.17, 15) is 14.9 Å². The maximum Gasteiger partial charge on any atom is 0.354 e. The second kappa shape index (κ2) is 6.52. The van der Waals surface area contributed by atoms with Crippen molar-refractivity contribution in [2.45, 2.75) is 19.9 Å². The second-order valence-electron chi connectivity index (χ2n) is 4.53. The van der Waals surface area contributed by atoms with Crippen molar-refractivity contribution in [3.05, 3.63) is 40.6 Å². The number of nitrogens with one attached hydrogen (secondary N) is 3. The van der Waals surface area contributed by atoms with Crippen LogP contribution in [0.25, 0.3) is 0 Å². The molecule has 0 spiro atoms. The van der Waals surface area contributed by atoms with Gasteiger partial charge in [0.2, 0.25) is 11.6 Å². The van der Waals surface area contributed by atoms with Gasteiger partial charge in [0.15, 0.2) is 5.76 Å². The predicted molar refractivity (Wildman–Crippen MR) is 77.2 cm³/mol. The van der Waals surface area contributed by atoms with Crippen LogP contribution >= 0.6 is 0 Å². The first-order valence-electron chi connectivity index (χ1n) is 6.35. The molecule has 116 valence electrons. The fraction of sp³-hybridized carbons (Fsp3) is 0.250. The lowest BCUT2D eigenvalue weighted by Gasteiger charge is -2.11. The van der Waals surface area contributed by atoms with Crippen molar-refractivity contribution >= 4 is 23.2 Å². The predicted octanol–water partition coefficient (Wildman–Crippen LogP) is 1.55. The highest BCUT2D eigenvalue weighted by Crippen LogP contribution is 2.28. The van der Waals surface area contributed by atoms with Crippen LogP contribution in [-0.2, 0) is 0 Å². The molecule has 0 aliphatic rings. The standard InChI is InChI=1S/C12H14N6O4/c1-7(2)15-10-9(18(20)21)11(14-6-13-10)16-17-12(19)8-4-3-5-22-8/h3-7H,1-2H3,(H,17,19)(H2,13,14,15,16). The maximum absolute atomic E-state index is 11.7. The number of hydrogen-bond acceptors (Lipinski definition) is 8. The molecule has 0 saturated carbocycles. The minimum Gasteiger partial charge on any atom is -0.459 e. The quantitative estimate of drug-likeness (QED) is 0.540. The molecule has 2 aromatic heterocycles. The largest absolute Gasteiger partial charge is 0.459 e. The van der Waals surface area contributed by atoms with E-state index >= 15 is 0 Å². The van der Waals surface area contributed by atoms with Crippen molar-refractivity contribution in [2.75, 3.05) is 10.7 Å². The molecule has 0 aliphatic heterocycles. The Morgan fingerprint density at radius 2 is 2.09 bits per heavy atom. The lowest BCUT2D eigenvalue weighted by molar-refractivity contribution is -0.383. The highest BCUT2D eigenvalue weighted by atomic mass is 16.6. The van der Waals surface area contributed by atoms with Crippen LogP contribution in [0.4, 0.5) is 17.3 Å². The summed E-state index contributed by atoms with van der Waals surface area (Å²) in [7, 11) is 0. The van der Waals surface area contributed by atoms with E-state index in [1.54, 1.807) is 6.07 Å². The van der Waals surface area contributed by atoms with Crippen LogP contribution in [0.5, 0.6) is 0 Å². The third-order valence-corrected chi connectivity index (χ3v) is 2.47. The summed E-state index contributed by atoms with van der Waals surface area (Å²) in [5.41, 5.74) is 4.31.